The molecule has 2 aliphatic carbocycles. The highest BCUT2D eigenvalue weighted by Gasteiger charge is 2.45. The van der Waals surface area contributed by atoms with Crippen molar-refractivity contribution in [2.75, 3.05) is 13.1 Å². The Hall–Kier alpha value is -2.44. The van der Waals surface area contributed by atoms with Crippen molar-refractivity contribution in [1.29, 1.82) is 0 Å². The predicted octanol–water partition coefficient (Wildman–Crippen LogP) is 1.50. The summed E-state index contributed by atoms with van der Waals surface area (Å²) in [6.07, 6.45) is 9.19. The van der Waals surface area contributed by atoms with Crippen LogP contribution in [0.2, 0.25) is 0 Å². The summed E-state index contributed by atoms with van der Waals surface area (Å²) < 4.78 is 1.79. The number of aromatic amines is 1. The number of H-pyrrole nitrogens is 1. The van der Waals surface area contributed by atoms with Crippen LogP contribution in [0.25, 0.3) is 0 Å². The van der Waals surface area contributed by atoms with E-state index in [-0.39, 0.29) is 16.9 Å². The van der Waals surface area contributed by atoms with Crippen molar-refractivity contribution in [2.24, 2.45) is 7.05 Å². The summed E-state index contributed by atoms with van der Waals surface area (Å²) in [5, 5.41) is 0. The third kappa shape index (κ3) is 2.40. The molecule has 1 saturated heterocycles. The standard InChI is InChI=1S/C19H23N5O2/c1-23-10-14(20-11-23)18(26)24-8-6-19(7-9-24)5-4-13-15(19)21-16(12-2-3-12)22-17(13)25/h10-12H,2-9H2,1H3,(H,21,22,25). The van der Waals surface area contributed by atoms with Crippen LogP contribution < -0.4 is 5.56 Å². The first kappa shape index (κ1) is 15.8. The van der Waals surface area contributed by atoms with E-state index < -0.39 is 0 Å². The predicted molar refractivity (Wildman–Crippen MR) is 95.2 cm³/mol. The molecule has 26 heavy (non-hydrogen) atoms. The lowest BCUT2D eigenvalue weighted by Gasteiger charge is -2.39. The fraction of sp³-hybridized carbons (Fsp3) is 0.579. The first-order chi connectivity index (χ1) is 12.6. The summed E-state index contributed by atoms with van der Waals surface area (Å²) in [5.74, 6) is 1.31. The second-order valence-corrected chi connectivity index (χ2v) is 8.05. The van der Waals surface area contributed by atoms with Gasteiger partial charge in [0.25, 0.3) is 11.5 Å². The highest BCUT2D eigenvalue weighted by atomic mass is 16.2. The molecular weight excluding hydrogens is 330 g/mol. The van der Waals surface area contributed by atoms with Gasteiger partial charge in [0, 0.05) is 43.2 Å². The Morgan fingerprint density at radius 3 is 2.69 bits per heavy atom. The Kier molecular flexibility index (Phi) is 3.36. The van der Waals surface area contributed by atoms with Crippen LogP contribution in [0.1, 0.15) is 65.6 Å². The van der Waals surface area contributed by atoms with Crippen LogP contribution in [0, 0.1) is 0 Å². The number of likely N-dealkylation sites (tertiary alicyclic amines) is 1. The molecule has 2 fully saturated rings. The number of nitrogens with zero attached hydrogens (tertiary/aromatic N) is 4. The van der Waals surface area contributed by atoms with E-state index in [0.29, 0.717) is 24.7 Å². The molecule has 1 amide bonds. The maximum atomic E-state index is 12.6. The number of aromatic nitrogens is 4. The summed E-state index contributed by atoms with van der Waals surface area (Å²) in [5.41, 5.74) is 2.42. The van der Waals surface area contributed by atoms with Gasteiger partial charge in [0.15, 0.2) is 0 Å². The fourth-order valence-corrected chi connectivity index (χ4v) is 4.53. The van der Waals surface area contributed by atoms with E-state index in [1.807, 2.05) is 11.9 Å². The van der Waals surface area contributed by atoms with Gasteiger partial charge >= 0.3 is 0 Å². The van der Waals surface area contributed by atoms with E-state index >= 15 is 0 Å². The number of hydrogen-bond acceptors (Lipinski definition) is 4. The van der Waals surface area contributed by atoms with Gasteiger partial charge in [-0.15, -0.1) is 0 Å². The Morgan fingerprint density at radius 2 is 2.04 bits per heavy atom. The monoisotopic (exact) mass is 353 g/mol. The molecule has 0 aromatic carbocycles. The van der Waals surface area contributed by atoms with E-state index in [0.717, 1.165) is 55.6 Å². The highest BCUT2D eigenvalue weighted by molar-refractivity contribution is 5.92. The number of hydrogen-bond donors (Lipinski definition) is 1. The normalized spacial score (nSPS) is 21.2. The average Bonchev–Trinajstić information content (AvgIpc) is 3.32. The van der Waals surface area contributed by atoms with Crippen molar-refractivity contribution in [3.63, 3.8) is 0 Å². The van der Waals surface area contributed by atoms with Crippen molar-refractivity contribution in [2.45, 2.75) is 49.9 Å². The lowest BCUT2D eigenvalue weighted by atomic mass is 9.76. The Labute approximate surface area is 151 Å². The second-order valence-electron chi connectivity index (χ2n) is 8.05. The van der Waals surface area contributed by atoms with E-state index in [2.05, 4.69) is 9.97 Å². The minimum absolute atomic E-state index is 0.00351. The maximum absolute atomic E-state index is 12.6. The molecule has 7 nitrogen and oxygen atoms in total. The lowest BCUT2D eigenvalue weighted by Crippen LogP contribution is -2.45. The fourth-order valence-electron chi connectivity index (χ4n) is 4.53. The Bertz CT molecular complexity index is 932. The number of aryl methyl sites for hydroxylation is 1. The molecule has 0 bridgehead atoms. The molecule has 2 aromatic heterocycles. The molecule has 1 spiro atoms. The van der Waals surface area contributed by atoms with Crippen LogP contribution in [0.3, 0.4) is 0 Å². The summed E-state index contributed by atoms with van der Waals surface area (Å²) in [6.45, 7) is 1.39. The SMILES string of the molecule is Cn1cnc(C(=O)N2CCC3(CCc4c3nc(C3CC3)[nH]c4=O)CC2)c1. The van der Waals surface area contributed by atoms with Gasteiger partial charge in [-0.05, 0) is 38.5 Å². The third-order valence-corrected chi connectivity index (χ3v) is 6.29. The van der Waals surface area contributed by atoms with Crippen molar-refractivity contribution < 1.29 is 4.79 Å². The van der Waals surface area contributed by atoms with Crippen LogP contribution in [-0.4, -0.2) is 43.4 Å². The zero-order valence-electron chi connectivity index (χ0n) is 15.0. The second kappa shape index (κ2) is 5.53. The molecular formula is C19H23N5O2. The van der Waals surface area contributed by atoms with E-state index in [1.54, 1.807) is 17.1 Å². The van der Waals surface area contributed by atoms with Crippen molar-refractivity contribution in [3.8, 4) is 0 Å². The topological polar surface area (TPSA) is 83.9 Å². The zero-order chi connectivity index (χ0) is 17.9. The number of carbonyl (C=O) groups is 1. The first-order valence-electron chi connectivity index (χ1n) is 9.47. The molecule has 7 heteroatoms. The van der Waals surface area contributed by atoms with Crippen LogP contribution in [0.4, 0.5) is 0 Å². The van der Waals surface area contributed by atoms with Crippen LogP contribution in [0.15, 0.2) is 17.3 Å². The van der Waals surface area contributed by atoms with Gasteiger partial charge in [0.1, 0.15) is 11.5 Å². The van der Waals surface area contributed by atoms with E-state index in [4.69, 9.17) is 4.98 Å². The van der Waals surface area contributed by atoms with Crippen molar-refractivity contribution in [1.82, 2.24) is 24.4 Å². The van der Waals surface area contributed by atoms with Gasteiger partial charge in [-0.3, -0.25) is 9.59 Å². The summed E-state index contributed by atoms with van der Waals surface area (Å²) in [7, 11) is 1.87. The molecule has 136 valence electrons. The number of imidazole rings is 1. The zero-order valence-corrected chi connectivity index (χ0v) is 15.0. The molecule has 0 atom stereocenters. The van der Waals surface area contributed by atoms with Gasteiger partial charge in [-0.2, -0.15) is 0 Å². The number of rotatable bonds is 2. The number of amides is 1. The molecule has 1 N–H and O–H groups in total. The minimum Gasteiger partial charge on any atom is -0.340 e. The number of piperidine rings is 1. The van der Waals surface area contributed by atoms with Crippen molar-refractivity contribution >= 4 is 5.91 Å². The molecule has 0 unspecified atom stereocenters. The van der Waals surface area contributed by atoms with Gasteiger partial charge in [-0.25, -0.2) is 9.97 Å². The minimum atomic E-state index is -0.0336. The third-order valence-electron chi connectivity index (χ3n) is 6.29. The molecule has 0 radical (unpaired) electrons. The van der Waals surface area contributed by atoms with Gasteiger partial charge in [-0.1, -0.05) is 0 Å². The van der Waals surface area contributed by atoms with Crippen LogP contribution >= 0.6 is 0 Å². The van der Waals surface area contributed by atoms with Gasteiger partial charge in [0.05, 0.1) is 12.0 Å². The summed E-state index contributed by atoms with van der Waals surface area (Å²) in [4.78, 5) is 39.1. The summed E-state index contributed by atoms with van der Waals surface area (Å²) >= 11 is 0. The van der Waals surface area contributed by atoms with Gasteiger partial charge < -0.3 is 14.5 Å². The van der Waals surface area contributed by atoms with Crippen LogP contribution in [-0.2, 0) is 18.9 Å². The molecule has 3 aliphatic rings. The smallest absolute Gasteiger partial charge is 0.274 e. The maximum Gasteiger partial charge on any atom is 0.274 e. The lowest BCUT2D eigenvalue weighted by molar-refractivity contribution is 0.0658. The Morgan fingerprint density at radius 1 is 1.27 bits per heavy atom. The van der Waals surface area contributed by atoms with Crippen LogP contribution in [0.5, 0.6) is 0 Å². The Balaban J connectivity index is 1.39. The molecule has 3 heterocycles. The number of fused-ring (bicyclic) bond motifs is 2. The molecule has 1 saturated carbocycles. The van der Waals surface area contributed by atoms with Crippen molar-refractivity contribution in [3.05, 3.63) is 45.7 Å². The molecule has 5 rings (SSSR count). The highest BCUT2D eigenvalue weighted by Crippen LogP contribution is 2.46. The largest absolute Gasteiger partial charge is 0.340 e. The number of carbonyl (C=O) groups excluding carboxylic acids is 1. The van der Waals surface area contributed by atoms with E-state index in [1.165, 1.54) is 0 Å². The molecule has 2 aromatic rings. The first-order valence-corrected chi connectivity index (χ1v) is 9.47. The average molecular weight is 353 g/mol. The quantitative estimate of drug-likeness (QED) is 0.887. The van der Waals surface area contributed by atoms with Gasteiger partial charge in [0.2, 0.25) is 0 Å². The molecule has 1 aliphatic heterocycles. The number of nitrogens with one attached hydrogen (secondary N) is 1. The van der Waals surface area contributed by atoms with E-state index in [9.17, 15) is 9.59 Å². The summed E-state index contributed by atoms with van der Waals surface area (Å²) in [6, 6.07) is 0.